The third kappa shape index (κ3) is 3.72. The van der Waals surface area contributed by atoms with Crippen LogP contribution in [0.2, 0.25) is 5.02 Å². The van der Waals surface area contributed by atoms with E-state index in [-0.39, 0.29) is 5.91 Å². The van der Waals surface area contributed by atoms with Crippen molar-refractivity contribution < 1.29 is 4.79 Å². The number of rotatable bonds is 3. The van der Waals surface area contributed by atoms with Gasteiger partial charge < -0.3 is 0 Å². The Balaban J connectivity index is 2.87. The van der Waals surface area contributed by atoms with Gasteiger partial charge in [-0.3, -0.25) is 4.79 Å². The topological polar surface area (TPSA) is 41.5 Å². The van der Waals surface area contributed by atoms with Gasteiger partial charge in [-0.25, -0.2) is 5.43 Å². The van der Waals surface area contributed by atoms with E-state index in [0.29, 0.717) is 5.02 Å². The Morgan fingerprint density at radius 3 is 2.47 bits per heavy atom. The van der Waals surface area contributed by atoms with Crippen LogP contribution in [0, 0.1) is 0 Å². The van der Waals surface area contributed by atoms with E-state index < -0.39 is 0 Å². The summed E-state index contributed by atoms with van der Waals surface area (Å²) in [6.45, 7) is 3.41. The highest BCUT2D eigenvalue weighted by Gasteiger charge is 2.01. The molecule has 0 aliphatic rings. The fourth-order valence-corrected chi connectivity index (χ4v) is 1.26. The maximum Gasteiger partial charge on any atom is 0.236 e. The Morgan fingerprint density at radius 1 is 1.40 bits per heavy atom. The molecule has 0 heterocycles. The summed E-state index contributed by atoms with van der Waals surface area (Å²) < 4.78 is 0. The number of carbonyl (C=O) groups is 1. The molecule has 3 nitrogen and oxygen atoms in total. The third-order valence-electron chi connectivity index (χ3n) is 1.86. The molecule has 1 aromatic rings. The molecule has 1 aromatic carbocycles. The van der Waals surface area contributed by atoms with E-state index in [1.54, 1.807) is 12.1 Å². The number of nitrogens with one attached hydrogen (secondary N) is 1. The summed E-state index contributed by atoms with van der Waals surface area (Å²) in [7, 11) is 0. The average molecular weight is 225 g/mol. The highest BCUT2D eigenvalue weighted by molar-refractivity contribution is 6.30. The van der Waals surface area contributed by atoms with Crippen molar-refractivity contribution >= 4 is 23.2 Å². The molecule has 1 rings (SSSR count). The van der Waals surface area contributed by atoms with Crippen LogP contribution in [0.1, 0.15) is 25.8 Å². The van der Waals surface area contributed by atoms with E-state index in [9.17, 15) is 4.79 Å². The molecule has 0 saturated heterocycles. The number of amides is 1. The fourth-order valence-electron chi connectivity index (χ4n) is 1.14. The van der Waals surface area contributed by atoms with E-state index in [1.807, 2.05) is 19.1 Å². The van der Waals surface area contributed by atoms with Crippen LogP contribution in [-0.2, 0) is 4.79 Å². The molecular weight excluding hydrogens is 212 g/mol. The van der Waals surface area contributed by atoms with E-state index in [2.05, 4.69) is 10.5 Å². The van der Waals surface area contributed by atoms with Crippen molar-refractivity contribution in [1.82, 2.24) is 5.43 Å². The number of halogens is 1. The lowest BCUT2D eigenvalue weighted by atomic mass is 10.1. The van der Waals surface area contributed by atoms with E-state index in [0.717, 1.165) is 17.7 Å². The Hall–Kier alpha value is -1.35. The number of nitrogens with zero attached hydrogens (tertiary/aromatic N) is 1. The first-order chi connectivity index (χ1) is 7.13. The van der Waals surface area contributed by atoms with Crippen molar-refractivity contribution in [3.05, 3.63) is 34.9 Å². The van der Waals surface area contributed by atoms with Gasteiger partial charge in [-0.2, -0.15) is 5.10 Å². The highest BCUT2D eigenvalue weighted by Crippen LogP contribution is 2.11. The summed E-state index contributed by atoms with van der Waals surface area (Å²) in [5.41, 5.74) is 4.23. The van der Waals surface area contributed by atoms with Gasteiger partial charge in [0.05, 0.1) is 5.71 Å². The molecule has 0 aromatic heterocycles. The molecule has 1 N–H and O–H groups in total. The Morgan fingerprint density at radius 2 is 2.00 bits per heavy atom. The smallest absolute Gasteiger partial charge is 0.236 e. The zero-order chi connectivity index (χ0) is 11.3. The van der Waals surface area contributed by atoms with Crippen molar-refractivity contribution in [3.63, 3.8) is 0 Å². The van der Waals surface area contributed by atoms with Crippen molar-refractivity contribution in [1.29, 1.82) is 0 Å². The minimum Gasteiger partial charge on any atom is -0.274 e. The number of carbonyl (C=O) groups excluding carboxylic acids is 1. The largest absolute Gasteiger partial charge is 0.274 e. The fraction of sp³-hybridized carbons (Fsp3) is 0.273. The standard InChI is InChI=1S/C11H13ClN2O/c1-3-11(14-13-8(2)15)9-4-6-10(12)7-5-9/h4-7H,3H2,1-2H3,(H,13,15). The Labute approximate surface area is 94.1 Å². The summed E-state index contributed by atoms with van der Waals surface area (Å²) in [6.07, 6.45) is 0.752. The molecule has 0 spiro atoms. The third-order valence-corrected chi connectivity index (χ3v) is 2.11. The molecule has 0 fully saturated rings. The maximum atomic E-state index is 10.7. The van der Waals surface area contributed by atoms with Crippen LogP contribution in [0.3, 0.4) is 0 Å². The molecule has 0 unspecified atom stereocenters. The molecule has 0 saturated carbocycles. The van der Waals surface area contributed by atoms with E-state index in [4.69, 9.17) is 11.6 Å². The Kier molecular flexibility index (Phi) is 4.31. The first-order valence-electron chi connectivity index (χ1n) is 4.72. The molecule has 15 heavy (non-hydrogen) atoms. The molecule has 80 valence electrons. The van der Waals surface area contributed by atoms with Crippen molar-refractivity contribution in [3.8, 4) is 0 Å². The molecule has 0 aliphatic carbocycles. The lowest BCUT2D eigenvalue weighted by molar-refractivity contribution is -0.118. The molecule has 4 heteroatoms. The van der Waals surface area contributed by atoms with Gasteiger partial charge in [0.2, 0.25) is 5.91 Å². The monoisotopic (exact) mass is 224 g/mol. The van der Waals surface area contributed by atoms with Gasteiger partial charge in [0.25, 0.3) is 0 Å². The minimum atomic E-state index is -0.171. The van der Waals surface area contributed by atoms with Gasteiger partial charge in [-0.15, -0.1) is 0 Å². The summed E-state index contributed by atoms with van der Waals surface area (Å²) in [5, 5.41) is 4.70. The summed E-state index contributed by atoms with van der Waals surface area (Å²) in [4.78, 5) is 10.7. The first-order valence-corrected chi connectivity index (χ1v) is 5.10. The van der Waals surface area contributed by atoms with Crippen LogP contribution in [0.15, 0.2) is 29.4 Å². The van der Waals surface area contributed by atoms with E-state index >= 15 is 0 Å². The van der Waals surface area contributed by atoms with Gasteiger partial charge in [-0.1, -0.05) is 30.7 Å². The lowest BCUT2D eigenvalue weighted by Gasteiger charge is -2.03. The molecule has 0 bridgehead atoms. The maximum absolute atomic E-state index is 10.7. The summed E-state index contributed by atoms with van der Waals surface area (Å²) >= 11 is 5.78. The van der Waals surface area contributed by atoms with Crippen LogP contribution in [0.5, 0.6) is 0 Å². The van der Waals surface area contributed by atoms with Crippen molar-refractivity contribution in [2.45, 2.75) is 20.3 Å². The van der Waals surface area contributed by atoms with Crippen molar-refractivity contribution in [2.75, 3.05) is 0 Å². The number of benzene rings is 1. The number of hydrogen-bond donors (Lipinski definition) is 1. The van der Waals surface area contributed by atoms with Crippen LogP contribution in [0.25, 0.3) is 0 Å². The van der Waals surface area contributed by atoms with Crippen molar-refractivity contribution in [2.24, 2.45) is 5.10 Å². The molecular formula is C11H13ClN2O. The predicted octanol–water partition coefficient (Wildman–Crippen LogP) is 2.59. The molecule has 0 radical (unpaired) electrons. The average Bonchev–Trinajstić information content (AvgIpc) is 2.21. The minimum absolute atomic E-state index is 0.171. The zero-order valence-electron chi connectivity index (χ0n) is 8.75. The number of hydrogen-bond acceptors (Lipinski definition) is 2. The van der Waals surface area contributed by atoms with E-state index in [1.165, 1.54) is 6.92 Å². The Bertz CT molecular complexity index is 371. The number of hydrazone groups is 1. The first kappa shape index (κ1) is 11.7. The van der Waals surface area contributed by atoms with Crippen LogP contribution < -0.4 is 5.43 Å². The summed E-state index contributed by atoms with van der Waals surface area (Å²) in [5.74, 6) is -0.171. The summed E-state index contributed by atoms with van der Waals surface area (Å²) in [6, 6.07) is 7.37. The molecule has 0 atom stereocenters. The normalized spacial score (nSPS) is 11.3. The second kappa shape index (κ2) is 5.51. The lowest BCUT2D eigenvalue weighted by Crippen LogP contribution is -2.16. The van der Waals surface area contributed by atoms with Crippen LogP contribution in [-0.4, -0.2) is 11.6 Å². The van der Waals surface area contributed by atoms with Gasteiger partial charge in [0.1, 0.15) is 0 Å². The second-order valence-electron chi connectivity index (χ2n) is 3.09. The predicted molar refractivity (Wildman–Crippen MR) is 62.1 cm³/mol. The quantitative estimate of drug-likeness (QED) is 0.622. The van der Waals surface area contributed by atoms with Gasteiger partial charge in [-0.05, 0) is 24.1 Å². The molecule has 1 amide bonds. The van der Waals surface area contributed by atoms with Gasteiger partial charge in [0.15, 0.2) is 0 Å². The van der Waals surface area contributed by atoms with Crippen LogP contribution in [0.4, 0.5) is 0 Å². The second-order valence-corrected chi connectivity index (χ2v) is 3.52. The molecule has 0 aliphatic heterocycles. The van der Waals surface area contributed by atoms with Crippen LogP contribution >= 0.6 is 11.6 Å². The highest BCUT2D eigenvalue weighted by atomic mass is 35.5. The van der Waals surface area contributed by atoms with Gasteiger partial charge >= 0.3 is 0 Å². The SMILES string of the molecule is CCC(=NNC(C)=O)c1ccc(Cl)cc1. The zero-order valence-corrected chi connectivity index (χ0v) is 9.51. The van der Waals surface area contributed by atoms with Gasteiger partial charge in [0, 0.05) is 11.9 Å².